The van der Waals surface area contributed by atoms with Crippen molar-refractivity contribution in [1.82, 2.24) is 10.2 Å². The molecule has 0 saturated carbocycles. The Morgan fingerprint density at radius 2 is 1.31 bits per heavy atom. The molecule has 4 aromatic carbocycles. The minimum absolute atomic E-state index is 0.0852. The number of nitrogens with zero attached hydrogens (tertiary/aromatic N) is 1. The van der Waals surface area contributed by atoms with E-state index in [1.165, 1.54) is 11.1 Å². The van der Waals surface area contributed by atoms with Crippen LogP contribution in [0.3, 0.4) is 0 Å². The minimum atomic E-state index is -0.802. The average Bonchev–Trinajstić information content (AvgIpc) is 3.00. The molecule has 0 radical (unpaired) electrons. The zero-order valence-corrected chi connectivity index (χ0v) is 24.5. The van der Waals surface area contributed by atoms with Crippen LogP contribution in [0.5, 0.6) is 11.5 Å². The Balaban J connectivity index is 1.38. The van der Waals surface area contributed by atoms with Gasteiger partial charge in [0, 0.05) is 30.3 Å². The molecule has 1 fully saturated rings. The van der Waals surface area contributed by atoms with E-state index >= 15 is 0 Å². The molecule has 2 atom stereocenters. The van der Waals surface area contributed by atoms with Crippen LogP contribution in [0, 0.1) is 13.8 Å². The molecule has 4 aromatic rings. The van der Waals surface area contributed by atoms with Gasteiger partial charge in [0.15, 0.2) is 0 Å². The number of benzene rings is 4. The van der Waals surface area contributed by atoms with E-state index < -0.39 is 12.0 Å². The molecule has 1 unspecified atom stereocenters. The summed E-state index contributed by atoms with van der Waals surface area (Å²) >= 11 is 0. The second kappa shape index (κ2) is 14.2. The van der Waals surface area contributed by atoms with Gasteiger partial charge in [-0.2, -0.15) is 0 Å². The number of para-hydroxylation sites is 2. The van der Waals surface area contributed by atoms with Crippen LogP contribution in [0.1, 0.15) is 46.2 Å². The number of carbonyl (C=O) groups is 1. The van der Waals surface area contributed by atoms with Crippen LogP contribution in [0.25, 0.3) is 0 Å². The standard InChI is InChI=1S/C36H40N2O4/c1-26-9-7-11-28(19-26)24-41-34-15-5-3-13-30(34)22-38(32-17-18-37-33(21-32)36(39)40)23-31-14-4-6-16-35(31)42-25-29-12-8-10-27(2)20-29/h3-16,19-20,32-33,37H,17-18,21-25H2,1-2H3,(H,39,40)/t32?,33-/m0/s1. The molecular weight excluding hydrogens is 524 g/mol. The molecule has 6 nitrogen and oxygen atoms in total. The lowest BCUT2D eigenvalue weighted by molar-refractivity contribution is -0.140. The van der Waals surface area contributed by atoms with E-state index in [4.69, 9.17) is 9.47 Å². The second-order valence-corrected chi connectivity index (χ2v) is 11.2. The molecule has 1 heterocycles. The van der Waals surface area contributed by atoms with E-state index in [0.717, 1.165) is 40.2 Å². The van der Waals surface area contributed by atoms with Crippen LogP contribution in [0.2, 0.25) is 0 Å². The number of carboxylic acids is 1. The number of aliphatic carboxylic acids is 1. The fourth-order valence-electron chi connectivity index (χ4n) is 5.65. The maximum Gasteiger partial charge on any atom is 0.320 e. The Morgan fingerprint density at radius 3 is 1.81 bits per heavy atom. The normalized spacial score (nSPS) is 16.7. The summed E-state index contributed by atoms with van der Waals surface area (Å²) in [7, 11) is 0. The van der Waals surface area contributed by atoms with Crippen molar-refractivity contribution >= 4 is 5.97 Å². The predicted octanol–water partition coefficient (Wildman–Crippen LogP) is 6.67. The number of nitrogens with one attached hydrogen (secondary N) is 1. The fourth-order valence-corrected chi connectivity index (χ4v) is 5.65. The monoisotopic (exact) mass is 564 g/mol. The quantitative estimate of drug-likeness (QED) is 0.200. The number of rotatable bonds is 12. The van der Waals surface area contributed by atoms with Crippen molar-refractivity contribution in [3.05, 3.63) is 130 Å². The van der Waals surface area contributed by atoms with Crippen LogP contribution in [0.15, 0.2) is 97.1 Å². The Hall–Kier alpha value is -4.13. The topological polar surface area (TPSA) is 71.0 Å². The third-order valence-corrected chi connectivity index (χ3v) is 7.84. The van der Waals surface area contributed by atoms with E-state index in [1.54, 1.807) is 0 Å². The SMILES string of the molecule is Cc1cccc(COc2ccccc2CN(Cc2ccccc2OCc2cccc(C)c2)C2CCN[C@H](C(=O)O)C2)c1. The molecule has 1 aliphatic heterocycles. The van der Waals surface area contributed by atoms with Crippen molar-refractivity contribution in [3.8, 4) is 11.5 Å². The Labute approximate surface area is 248 Å². The van der Waals surface area contributed by atoms with Crippen LogP contribution < -0.4 is 14.8 Å². The highest BCUT2D eigenvalue weighted by Crippen LogP contribution is 2.29. The first-order valence-corrected chi connectivity index (χ1v) is 14.7. The number of hydrogen-bond acceptors (Lipinski definition) is 5. The molecule has 6 heteroatoms. The Bertz CT molecular complexity index is 1390. The summed E-state index contributed by atoms with van der Waals surface area (Å²) in [6.07, 6.45) is 1.40. The van der Waals surface area contributed by atoms with Gasteiger partial charge in [-0.15, -0.1) is 0 Å². The first kappa shape index (κ1) is 29.4. The van der Waals surface area contributed by atoms with Crippen molar-refractivity contribution in [2.75, 3.05) is 6.54 Å². The van der Waals surface area contributed by atoms with Gasteiger partial charge < -0.3 is 19.9 Å². The molecule has 0 bridgehead atoms. The van der Waals surface area contributed by atoms with Gasteiger partial charge >= 0.3 is 5.97 Å². The molecule has 1 saturated heterocycles. The van der Waals surface area contributed by atoms with Crippen molar-refractivity contribution in [2.45, 2.75) is 65.1 Å². The van der Waals surface area contributed by atoms with Gasteiger partial charge in [-0.1, -0.05) is 96.1 Å². The number of carboxylic acid groups (broad SMARTS) is 1. The van der Waals surface area contributed by atoms with Gasteiger partial charge in [0.25, 0.3) is 0 Å². The summed E-state index contributed by atoms with van der Waals surface area (Å²) in [5.74, 6) is 0.886. The van der Waals surface area contributed by atoms with E-state index in [1.807, 2.05) is 36.4 Å². The van der Waals surface area contributed by atoms with Crippen molar-refractivity contribution in [3.63, 3.8) is 0 Å². The van der Waals surface area contributed by atoms with Crippen LogP contribution >= 0.6 is 0 Å². The third kappa shape index (κ3) is 7.99. The maximum atomic E-state index is 11.9. The molecular formula is C36H40N2O4. The summed E-state index contributed by atoms with van der Waals surface area (Å²) in [6.45, 7) is 7.07. The predicted molar refractivity (Wildman–Crippen MR) is 166 cm³/mol. The highest BCUT2D eigenvalue weighted by Gasteiger charge is 2.31. The molecule has 2 N–H and O–H groups in total. The van der Waals surface area contributed by atoms with Gasteiger partial charge in [0.2, 0.25) is 0 Å². The van der Waals surface area contributed by atoms with Gasteiger partial charge in [-0.05, 0) is 56.5 Å². The van der Waals surface area contributed by atoms with Gasteiger partial charge in [-0.3, -0.25) is 9.69 Å². The van der Waals surface area contributed by atoms with E-state index in [-0.39, 0.29) is 6.04 Å². The highest BCUT2D eigenvalue weighted by atomic mass is 16.5. The number of piperidine rings is 1. The molecule has 42 heavy (non-hydrogen) atoms. The van der Waals surface area contributed by atoms with Gasteiger partial charge in [-0.25, -0.2) is 0 Å². The van der Waals surface area contributed by atoms with Crippen LogP contribution in [-0.2, 0) is 31.1 Å². The number of ether oxygens (including phenoxy) is 2. The third-order valence-electron chi connectivity index (χ3n) is 7.84. The average molecular weight is 565 g/mol. The van der Waals surface area contributed by atoms with E-state index in [0.29, 0.717) is 39.3 Å². The zero-order valence-electron chi connectivity index (χ0n) is 24.5. The van der Waals surface area contributed by atoms with Crippen LogP contribution in [0.4, 0.5) is 0 Å². The lowest BCUT2D eigenvalue weighted by atomic mass is 9.96. The van der Waals surface area contributed by atoms with Crippen molar-refractivity contribution in [2.24, 2.45) is 0 Å². The maximum absolute atomic E-state index is 11.9. The van der Waals surface area contributed by atoms with Crippen LogP contribution in [-0.4, -0.2) is 34.6 Å². The summed E-state index contributed by atoms with van der Waals surface area (Å²) in [6, 6.07) is 32.6. The molecule has 0 aromatic heterocycles. The first-order chi connectivity index (χ1) is 20.4. The summed E-state index contributed by atoms with van der Waals surface area (Å²) in [5.41, 5.74) is 6.82. The lowest BCUT2D eigenvalue weighted by Crippen LogP contribution is -2.50. The fraction of sp³-hybridized carbons (Fsp3) is 0.306. The van der Waals surface area contributed by atoms with Crippen molar-refractivity contribution < 1.29 is 19.4 Å². The summed E-state index contributed by atoms with van der Waals surface area (Å²) < 4.78 is 12.7. The smallest absolute Gasteiger partial charge is 0.320 e. The number of hydrogen-bond donors (Lipinski definition) is 2. The molecule has 0 amide bonds. The molecule has 5 rings (SSSR count). The van der Waals surface area contributed by atoms with E-state index in [2.05, 4.69) is 84.7 Å². The summed E-state index contributed by atoms with van der Waals surface area (Å²) in [5, 5.41) is 12.9. The molecule has 0 spiro atoms. The summed E-state index contributed by atoms with van der Waals surface area (Å²) in [4.78, 5) is 14.3. The van der Waals surface area contributed by atoms with Gasteiger partial charge in [0.05, 0.1) is 0 Å². The molecule has 218 valence electrons. The molecule has 1 aliphatic rings. The minimum Gasteiger partial charge on any atom is -0.489 e. The van der Waals surface area contributed by atoms with E-state index in [9.17, 15) is 9.90 Å². The Kier molecular flexibility index (Phi) is 9.90. The highest BCUT2D eigenvalue weighted by molar-refractivity contribution is 5.73. The van der Waals surface area contributed by atoms with Gasteiger partial charge in [0.1, 0.15) is 30.8 Å². The molecule has 0 aliphatic carbocycles. The van der Waals surface area contributed by atoms with Crippen molar-refractivity contribution in [1.29, 1.82) is 0 Å². The zero-order chi connectivity index (χ0) is 29.3. The largest absolute Gasteiger partial charge is 0.489 e. The Morgan fingerprint density at radius 1 is 0.786 bits per heavy atom. The first-order valence-electron chi connectivity index (χ1n) is 14.7. The lowest BCUT2D eigenvalue weighted by Gasteiger charge is -2.37. The second-order valence-electron chi connectivity index (χ2n) is 11.2. The number of aryl methyl sites for hydroxylation is 2.